The summed E-state index contributed by atoms with van der Waals surface area (Å²) in [6.45, 7) is 8.72. The smallest absolute Gasteiger partial charge is 0.229 e. The highest BCUT2D eigenvalue weighted by atomic mass is 16.5. The molecule has 0 aliphatic rings. The Labute approximate surface area is 115 Å². The highest BCUT2D eigenvalue weighted by molar-refractivity contribution is 5.95. The number of benzene rings is 1. The molecule has 0 bridgehead atoms. The van der Waals surface area contributed by atoms with Crippen LogP contribution in [-0.2, 0) is 11.2 Å². The largest absolute Gasteiger partial charge is 0.492 e. The van der Waals surface area contributed by atoms with Crippen molar-refractivity contribution >= 4 is 11.6 Å². The highest BCUT2D eigenvalue weighted by Crippen LogP contribution is 2.28. The maximum absolute atomic E-state index is 12.0. The SMILES string of the molecule is CCOc1cc(CCN)ccc1NC(=O)C(C)(C)C. The molecule has 0 aromatic heterocycles. The molecule has 0 radical (unpaired) electrons. The number of amides is 1. The third-order valence-corrected chi connectivity index (χ3v) is 2.71. The molecule has 0 unspecified atom stereocenters. The van der Waals surface area contributed by atoms with E-state index in [4.69, 9.17) is 10.5 Å². The Morgan fingerprint density at radius 1 is 1.37 bits per heavy atom. The first-order valence-corrected chi connectivity index (χ1v) is 6.65. The van der Waals surface area contributed by atoms with Gasteiger partial charge in [-0.15, -0.1) is 0 Å². The van der Waals surface area contributed by atoms with Crippen molar-refractivity contribution in [2.75, 3.05) is 18.5 Å². The summed E-state index contributed by atoms with van der Waals surface area (Å²) in [5, 5.41) is 2.91. The van der Waals surface area contributed by atoms with Gasteiger partial charge in [-0.3, -0.25) is 4.79 Å². The Kier molecular flexibility index (Phi) is 5.36. The molecule has 4 heteroatoms. The van der Waals surface area contributed by atoms with Gasteiger partial charge in [-0.25, -0.2) is 0 Å². The Bertz CT molecular complexity index is 436. The second-order valence-corrected chi connectivity index (χ2v) is 5.51. The summed E-state index contributed by atoms with van der Waals surface area (Å²) in [6, 6.07) is 5.78. The Morgan fingerprint density at radius 2 is 2.05 bits per heavy atom. The monoisotopic (exact) mass is 264 g/mol. The lowest BCUT2D eigenvalue weighted by Gasteiger charge is -2.19. The number of anilines is 1. The zero-order chi connectivity index (χ0) is 14.5. The fraction of sp³-hybridized carbons (Fsp3) is 0.533. The molecule has 0 saturated carbocycles. The molecule has 19 heavy (non-hydrogen) atoms. The molecule has 0 aliphatic heterocycles. The summed E-state index contributed by atoms with van der Waals surface area (Å²) < 4.78 is 5.58. The van der Waals surface area contributed by atoms with Crippen molar-refractivity contribution in [3.05, 3.63) is 23.8 Å². The van der Waals surface area contributed by atoms with E-state index in [1.807, 2.05) is 45.9 Å². The normalized spacial score (nSPS) is 11.2. The number of nitrogens with two attached hydrogens (primary N) is 1. The highest BCUT2D eigenvalue weighted by Gasteiger charge is 2.22. The minimum Gasteiger partial charge on any atom is -0.492 e. The molecule has 1 aromatic rings. The van der Waals surface area contributed by atoms with E-state index in [1.165, 1.54) is 0 Å². The van der Waals surface area contributed by atoms with Crippen LogP contribution >= 0.6 is 0 Å². The zero-order valence-corrected chi connectivity index (χ0v) is 12.2. The van der Waals surface area contributed by atoms with Crippen LogP contribution < -0.4 is 15.8 Å². The Hall–Kier alpha value is -1.55. The van der Waals surface area contributed by atoms with Crippen LogP contribution in [0.3, 0.4) is 0 Å². The minimum absolute atomic E-state index is 0.0278. The average Bonchev–Trinajstić information content (AvgIpc) is 2.32. The molecule has 0 heterocycles. The molecular formula is C15H24N2O2. The summed E-state index contributed by atoms with van der Waals surface area (Å²) in [6.07, 6.45) is 0.799. The molecule has 0 atom stereocenters. The van der Waals surface area contributed by atoms with Crippen molar-refractivity contribution in [1.29, 1.82) is 0 Å². The Morgan fingerprint density at radius 3 is 2.58 bits per heavy atom. The lowest BCUT2D eigenvalue weighted by molar-refractivity contribution is -0.123. The Balaban J connectivity index is 2.96. The van der Waals surface area contributed by atoms with Crippen molar-refractivity contribution in [1.82, 2.24) is 0 Å². The van der Waals surface area contributed by atoms with Gasteiger partial charge in [0.05, 0.1) is 12.3 Å². The van der Waals surface area contributed by atoms with E-state index in [0.717, 1.165) is 12.0 Å². The van der Waals surface area contributed by atoms with E-state index in [1.54, 1.807) is 0 Å². The van der Waals surface area contributed by atoms with E-state index < -0.39 is 5.41 Å². The summed E-state index contributed by atoms with van der Waals surface area (Å²) in [7, 11) is 0. The van der Waals surface area contributed by atoms with Crippen molar-refractivity contribution in [3.8, 4) is 5.75 Å². The van der Waals surface area contributed by atoms with Crippen LogP contribution in [0.5, 0.6) is 5.75 Å². The molecule has 1 aromatic carbocycles. The number of hydrogen-bond donors (Lipinski definition) is 2. The summed E-state index contributed by atoms with van der Waals surface area (Å²) in [5.41, 5.74) is 6.94. The molecular weight excluding hydrogens is 240 g/mol. The van der Waals surface area contributed by atoms with Crippen LogP contribution in [-0.4, -0.2) is 19.1 Å². The molecule has 1 amide bonds. The lowest BCUT2D eigenvalue weighted by Crippen LogP contribution is -2.27. The van der Waals surface area contributed by atoms with Crippen molar-refractivity contribution in [2.45, 2.75) is 34.1 Å². The topological polar surface area (TPSA) is 64.3 Å². The van der Waals surface area contributed by atoms with E-state index in [9.17, 15) is 4.79 Å². The number of nitrogens with one attached hydrogen (secondary N) is 1. The molecule has 0 fully saturated rings. The van der Waals surface area contributed by atoms with Gasteiger partial charge in [-0.2, -0.15) is 0 Å². The molecule has 4 nitrogen and oxygen atoms in total. The second-order valence-electron chi connectivity index (χ2n) is 5.51. The fourth-order valence-corrected chi connectivity index (χ4v) is 1.58. The summed E-state index contributed by atoms with van der Waals surface area (Å²) >= 11 is 0. The van der Waals surface area contributed by atoms with Crippen molar-refractivity contribution in [2.24, 2.45) is 11.1 Å². The van der Waals surface area contributed by atoms with E-state index >= 15 is 0 Å². The molecule has 0 aliphatic carbocycles. The second kappa shape index (κ2) is 6.57. The minimum atomic E-state index is -0.431. The van der Waals surface area contributed by atoms with Crippen LogP contribution in [0.25, 0.3) is 0 Å². The fourth-order valence-electron chi connectivity index (χ4n) is 1.58. The third kappa shape index (κ3) is 4.56. The first-order valence-electron chi connectivity index (χ1n) is 6.65. The van der Waals surface area contributed by atoms with Crippen LogP contribution in [0.1, 0.15) is 33.3 Å². The molecule has 0 saturated heterocycles. The third-order valence-electron chi connectivity index (χ3n) is 2.71. The predicted octanol–water partition coefficient (Wildman–Crippen LogP) is 2.57. The van der Waals surface area contributed by atoms with Crippen LogP contribution in [0.2, 0.25) is 0 Å². The van der Waals surface area contributed by atoms with Gasteiger partial charge in [0.1, 0.15) is 5.75 Å². The average molecular weight is 264 g/mol. The number of ether oxygens (including phenoxy) is 1. The number of carbonyl (C=O) groups is 1. The van der Waals surface area contributed by atoms with Crippen LogP contribution in [0.4, 0.5) is 5.69 Å². The van der Waals surface area contributed by atoms with Gasteiger partial charge in [-0.1, -0.05) is 26.8 Å². The number of rotatable bonds is 5. The van der Waals surface area contributed by atoms with E-state index in [0.29, 0.717) is 24.6 Å². The van der Waals surface area contributed by atoms with Gasteiger partial charge < -0.3 is 15.8 Å². The standard InChI is InChI=1S/C15H24N2O2/c1-5-19-13-10-11(8-9-16)6-7-12(13)17-14(18)15(2,3)4/h6-7,10H,5,8-9,16H2,1-4H3,(H,17,18). The van der Waals surface area contributed by atoms with Gasteiger partial charge in [0, 0.05) is 5.41 Å². The summed E-state index contributed by atoms with van der Waals surface area (Å²) in [5.74, 6) is 0.672. The first-order chi connectivity index (χ1) is 8.88. The van der Waals surface area contributed by atoms with Gasteiger partial charge in [0.15, 0.2) is 0 Å². The van der Waals surface area contributed by atoms with Crippen LogP contribution in [0, 0.1) is 5.41 Å². The molecule has 106 valence electrons. The molecule has 0 spiro atoms. The molecule has 3 N–H and O–H groups in total. The predicted molar refractivity (Wildman–Crippen MR) is 78.5 cm³/mol. The summed E-state index contributed by atoms with van der Waals surface area (Å²) in [4.78, 5) is 12.0. The maximum Gasteiger partial charge on any atom is 0.229 e. The quantitative estimate of drug-likeness (QED) is 0.859. The maximum atomic E-state index is 12.0. The van der Waals surface area contributed by atoms with Gasteiger partial charge in [0.25, 0.3) is 0 Å². The lowest BCUT2D eigenvalue weighted by atomic mass is 9.95. The van der Waals surface area contributed by atoms with Gasteiger partial charge in [-0.05, 0) is 37.6 Å². The van der Waals surface area contributed by atoms with Crippen molar-refractivity contribution in [3.63, 3.8) is 0 Å². The number of hydrogen-bond acceptors (Lipinski definition) is 3. The first kappa shape index (κ1) is 15.5. The van der Waals surface area contributed by atoms with E-state index in [-0.39, 0.29) is 5.91 Å². The van der Waals surface area contributed by atoms with Crippen LogP contribution in [0.15, 0.2) is 18.2 Å². The van der Waals surface area contributed by atoms with Gasteiger partial charge >= 0.3 is 0 Å². The zero-order valence-electron chi connectivity index (χ0n) is 12.2. The number of carbonyl (C=O) groups excluding carboxylic acids is 1. The van der Waals surface area contributed by atoms with Crippen molar-refractivity contribution < 1.29 is 9.53 Å². The van der Waals surface area contributed by atoms with E-state index in [2.05, 4.69) is 5.32 Å². The molecule has 1 rings (SSSR count). The van der Waals surface area contributed by atoms with Gasteiger partial charge in [0.2, 0.25) is 5.91 Å².